The monoisotopic (exact) mass is 1480 g/mol. The average molecular weight is 1480 g/mol. The van der Waals surface area contributed by atoms with Crippen molar-refractivity contribution < 1.29 is 140 Å². The fourth-order valence-corrected chi connectivity index (χ4v) is 11.6. The summed E-state index contributed by atoms with van der Waals surface area (Å²) in [6.45, 7) is -1.96. The second-order valence-corrected chi connectivity index (χ2v) is 21.1. The molecule has 11 rings (SSSR count). The van der Waals surface area contributed by atoms with Crippen LogP contribution in [-0.2, 0) is 32.0 Å². The van der Waals surface area contributed by atoms with Crippen LogP contribution in [0.2, 0.25) is 0 Å². The topological polar surface area (TPSA) is 287 Å². The Balaban J connectivity index is 0.000000225. The van der Waals surface area contributed by atoms with Crippen molar-refractivity contribution in [1.29, 1.82) is 0 Å². The number of benzene rings is 2. The SMILES string of the molecule is COC(=O)c1cn2c(c(OC)c1=O)C(=O)N[C@@H]1COCC[C@@H]12.COc1c2n(cc(C(=O)NCc3c(F)cc(F)cc3F)c1=O)[C@H]1CCOC[C@H]1N(CC(F)F)C2=O.O=C(NCc1c(F)cc(F)cc1F)c1cn2c(c(O)c1=O)C(=O)N(CC(F)F)[C@@H]1COCC[C@@H]12.[Br-].[Br-].[Mg+2]. The molecule has 0 saturated carbocycles. The average Bonchev–Trinajstić information content (AvgIpc) is 0.751. The van der Waals surface area contributed by atoms with Gasteiger partial charge in [0, 0.05) is 86.9 Å². The van der Waals surface area contributed by atoms with Crippen molar-refractivity contribution in [3.63, 3.8) is 0 Å². The molecule has 37 heteroatoms. The van der Waals surface area contributed by atoms with E-state index in [2.05, 4.69) is 20.7 Å². The zero-order valence-corrected chi connectivity index (χ0v) is 54.0. The van der Waals surface area contributed by atoms with Crippen LogP contribution in [0.4, 0.5) is 43.9 Å². The molecule has 4 N–H and O–H groups in total. The molecule has 9 heterocycles. The maximum atomic E-state index is 13.9. The van der Waals surface area contributed by atoms with Crippen LogP contribution >= 0.6 is 0 Å². The number of esters is 1. The van der Waals surface area contributed by atoms with Gasteiger partial charge in [-0.25, -0.2) is 48.7 Å². The first-order valence-electron chi connectivity index (χ1n) is 27.6. The van der Waals surface area contributed by atoms with Gasteiger partial charge in [-0.1, -0.05) is 0 Å². The largest absolute Gasteiger partial charge is 2.00 e. The van der Waals surface area contributed by atoms with Gasteiger partial charge in [-0.2, -0.15) is 0 Å². The number of pyridine rings is 3. The maximum absolute atomic E-state index is 13.9. The molecule has 2 aromatic carbocycles. The molecule has 0 spiro atoms. The van der Waals surface area contributed by atoms with Crippen LogP contribution in [0.25, 0.3) is 0 Å². The minimum absolute atomic E-state index is 0. The van der Waals surface area contributed by atoms with Crippen LogP contribution in [-0.4, -0.2) is 192 Å². The molecular formula is C57H54Br2F10MgN8O16. The Morgan fingerprint density at radius 3 is 1.39 bits per heavy atom. The van der Waals surface area contributed by atoms with Crippen LogP contribution in [0.3, 0.4) is 0 Å². The van der Waals surface area contributed by atoms with E-state index in [1.165, 1.54) is 29.6 Å². The van der Waals surface area contributed by atoms with Gasteiger partial charge >= 0.3 is 29.0 Å². The van der Waals surface area contributed by atoms with E-state index >= 15 is 0 Å². The van der Waals surface area contributed by atoms with Crippen molar-refractivity contribution >= 4 is 58.6 Å². The number of ether oxygens (including phenoxy) is 6. The smallest absolute Gasteiger partial charge is 1.00 e. The van der Waals surface area contributed by atoms with Gasteiger partial charge in [0.2, 0.25) is 16.3 Å². The van der Waals surface area contributed by atoms with Gasteiger partial charge < -0.3 is 107 Å². The second-order valence-electron chi connectivity index (χ2n) is 21.1. The molecule has 6 aliphatic rings. The van der Waals surface area contributed by atoms with E-state index in [0.29, 0.717) is 50.3 Å². The fourth-order valence-electron chi connectivity index (χ4n) is 11.6. The molecule has 6 atom stereocenters. The van der Waals surface area contributed by atoms with Gasteiger partial charge in [0.25, 0.3) is 42.4 Å². The number of hydrogen-bond donors (Lipinski definition) is 4. The number of aromatic hydroxyl groups is 1. The van der Waals surface area contributed by atoms with E-state index < -0.39 is 189 Å². The molecule has 5 amide bonds. The number of nitrogens with zero attached hydrogens (tertiary/aromatic N) is 5. The standard InChI is InChI=1S/C22H20F5N3O5.C21H18F5N3O5.C14H16N2O6.2BrH.Mg/c1-34-20-18-22(33)30(8-17(26)27)16-9-35-3-2-15(16)29(18)7-12(19(20)31)21(32)28-6-11-13(24)4-10(23)5-14(11)25;22-9-3-12(23)10(13(24)4-9)5-27-20(32)11-6-28-14-1-2-34-8-15(14)29(7-16(25)26)21(33)17(28)19(31)18(11)30;1-20-12-10-13(18)15-8-6-22-4-3-9(8)16(10)5-7(11(12)17)14(19)21-2;;;/h4-5,7,15-17H,2-3,6,8-9H2,1H3,(H,28,32);3-4,6,14-16,31H,1-2,5,7-8H2,(H,27,32);5,8-9H,3-4,6H2,1-2H3,(H,15,18);2*1H;/q;;;;;+2/p-2/t15-,16+;14-,15+;8-,9+;;;/m001.../s1. The summed E-state index contributed by atoms with van der Waals surface area (Å²) < 4.78 is 169. The van der Waals surface area contributed by atoms with Gasteiger partial charge in [0.15, 0.2) is 34.3 Å². The quantitative estimate of drug-likeness (QED) is 0.0541. The first-order valence-corrected chi connectivity index (χ1v) is 27.6. The zero-order chi connectivity index (χ0) is 66.0. The van der Waals surface area contributed by atoms with Crippen LogP contribution < -0.4 is 75.7 Å². The first-order chi connectivity index (χ1) is 43.3. The summed E-state index contributed by atoms with van der Waals surface area (Å²) in [5.41, 5.74) is -6.17. The third-order valence-corrected chi connectivity index (χ3v) is 15.9. The van der Waals surface area contributed by atoms with Crippen LogP contribution in [0.15, 0.2) is 57.2 Å². The number of aromatic nitrogens is 3. The third kappa shape index (κ3) is 15.1. The first kappa shape index (κ1) is 75.4. The molecular weight excluding hydrogens is 1430 g/mol. The summed E-state index contributed by atoms with van der Waals surface area (Å²) >= 11 is 0. The van der Waals surface area contributed by atoms with Gasteiger partial charge in [-0.05, 0) is 19.3 Å². The number of amides is 5. The molecule has 0 unspecified atom stereocenters. The van der Waals surface area contributed by atoms with Crippen molar-refractivity contribution in [2.45, 2.75) is 81.5 Å². The molecule has 0 bridgehead atoms. The van der Waals surface area contributed by atoms with Crippen LogP contribution in [0.5, 0.6) is 17.2 Å². The molecule has 504 valence electrons. The van der Waals surface area contributed by atoms with Crippen LogP contribution in [0, 0.1) is 34.9 Å². The molecule has 0 radical (unpaired) electrons. The van der Waals surface area contributed by atoms with Crippen molar-refractivity contribution in [2.75, 3.05) is 74.1 Å². The molecule has 6 aliphatic heterocycles. The third-order valence-electron chi connectivity index (χ3n) is 15.9. The van der Waals surface area contributed by atoms with E-state index in [-0.39, 0.29) is 125 Å². The summed E-state index contributed by atoms with van der Waals surface area (Å²) in [6, 6.07) is -1.43. The molecule has 5 aromatic rings. The summed E-state index contributed by atoms with van der Waals surface area (Å²) in [4.78, 5) is 115. The molecule has 0 aliphatic carbocycles. The number of alkyl halides is 4. The summed E-state index contributed by atoms with van der Waals surface area (Å²) in [7, 11) is 3.58. The van der Waals surface area contributed by atoms with Gasteiger partial charge in [-0.3, -0.25) is 38.4 Å². The number of nitrogens with one attached hydrogen (secondary N) is 3. The van der Waals surface area contributed by atoms with Crippen molar-refractivity contribution in [1.82, 2.24) is 39.5 Å². The Hall–Kier alpha value is -7.58. The summed E-state index contributed by atoms with van der Waals surface area (Å²) in [5, 5.41) is 17.6. The number of rotatable bonds is 13. The van der Waals surface area contributed by atoms with Crippen LogP contribution in [0.1, 0.15) is 111 Å². The predicted octanol–water partition coefficient (Wildman–Crippen LogP) is -2.45. The minimum atomic E-state index is -2.87. The van der Waals surface area contributed by atoms with Gasteiger partial charge in [0.05, 0.1) is 90.5 Å². The molecule has 3 saturated heterocycles. The van der Waals surface area contributed by atoms with E-state index in [1.807, 2.05) is 0 Å². The fraction of sp³-hybridized carbons (Fsp3) is 0.421. The second kappa shape index (κ2) is 31.8. The molecule has 94 heavy (non-hydrogen) atoms. The predicted molar refractivity (Wildman–Crippen MR) is 295 cm³/mol. The Morgan fingerprint density at radius 2 is 0.947 bits per heavy atom. The Labute approximate surface area is 561 Å². The van der Waals surface area contributed by atoms with Crippen molar-refractivity contribution in [3.8, 4) is 17.2 Å². The van der Waals surface area contributed by atoms with Gasteiger partial charge in [0.1, 0.15) is 51.6 Å². The van der Waals surface area contributed by atoms with E-state index in [9.17, 15) is 92.2 Å². The van der Waals surface area contributed by atoms with Crippen molar-refractivity contribution in [3.05, 3.63) is 153 Å². The number of carbonyl (C=O) groups excluding carboxylic acids is 6. The number of fused-ring (bicyclic) bond motifs is 9. The summed E-state index contributed by atoms with van der Waals surface area (Å²) in [5.74, 6) is -14.3. The Morgan fingerprint density at radius 1 is 0.564 bits per heavy atom. The summed E-state index contributed by atoms with van der Waals surface area (Å²) in [6.07, 6.45) is -1.02. The van der Waals surface area contributed by atoms with E-state index in [1.54, 1.807) is 4.57 Å². The minimum Gasteiger partial charge on any atom is -1.00 e. The van der Waals surface area contributed by atoms with Crippen molar-refractivity contribution in [2.24, 2.45) is 0 Å². The van der Waals surface area contributed by atoms with Gasteiger partial charge in [-0.15, -0.1) is 0 Å². The molecule has 24 nitrogen and oxygen atoms in total. The van der Waals surface area contributed by atoms with E-state index in [4.69, 9.17) is 23.7 Å². The number of carbonyl (C=O) groups is 6. The maximum Gasteiger partial charge on any atom is 2.00 e. The number of halogens is 12. The Bertz CT molecular complexity index is 3900. The molecule has 3 aromatic heterocycles. The molecule has 3 fully saturated rings. The Kier molecular flexibility index (Phi) is 25.5. The zero-order valence-electron chi connectivity index (χ0n) is 49.4. The van der Waals surface area contributed by atoms with E-state index in [0.717, 1.165) is 29.3 Å². The number of methoxy groups -OCH3 is 3. The number of hydrogen-bond acceptors (Lipinski definition) is 16. The normalized spacial score (nSPS) is 19.8.